The number of amides is 1. The molecule has 0 aliphatic carbocycles. The second-order valence-corrected chi connectivity index (χ2v) is 7.03. The van der Waals surface area contributed by atoms with E-state index in [1.54, 1.807) is 11.8 Å². The van der Waals surface area contributed by atoms with Crippen molar-refractivity contribution >= 4 is 15.9 Å². The molecule has 2 heterocycles. The summed E-state index contributed by atoms with van der Waals surface area (Å²) in [5.74, 6) is 0.582. The molecule has 21 heavy (non-hydrogen) atoms. The van der Waals surface area contributed by atoms with E-state index in [-0.39, 0.29) is 11.0 Å². The van der Waals surface area contributed by atoms with Gasteiger partial charge < -0.3 is 15.1 Å². The van der Waals surface area contributed by atoms with Gasteiger partial charge in [0.1, 0.15) is 5.76 Å². The molecule has 0 saturated carbocycles. The van der Waals surface area contributed by atoms with Gasteiger partial charge in [0.15, 0.2) is 0 Å². The van der Waals surface area contributed by atoms with Crippen LogP contribution in [0, 0.1) is 12.8 Å². The minimum atomic E-state index is -3.68. The van der Waals surface area contributed by atoms with Crippen LogP contribution in [0.15, 0.2) is 15.6 Å². The molecule has 1 aliphatic rings. The number of carbonyl (C=O) groups excluding carboxylic acids is 1. The van der Waals surface area contributed by atoms with Crippen molar-refractivity contribution in [1.82, 2.24) is 9.62 Å². The molecule has 1 saturated heterocycles. The van der Waals surface area contributed by atoms with Crippen LogP contribution in [0.1, 0.15) is 29.0 Å². The summed E-state index contributed by atoms with van der Waals surface area (Å²) in [4.78, 5) is 14.2. The predicted molar refractivity (Wildman–Crippen MR) is 77.4 cm³/mol. The smallest absolute Gasteiger partial charge is 0.273 e. The lowest BCUT2D eigenvalue weighted by Crippen LogP contribution is -2.40. The van der Waals surface area contributed by atoms with Crippen LogP contribution in [0.4, 0.5) is 0 Å². The second-order valence-electron chi connectivity index (χ2n) is 5.21. The Hall–Kier alpha value is -1.38. The Bertz CT molecular complexity index is 615. The molecule has 0 radical (unpaired) electrons. The average molecular weight is 315 g/mol. The van der Waals surface area contributed by atoms with Crippen molar-refractivity contribution in [3.8, 4) is 0 Å². The maximum atomic E-state index is 12.5. The Balaban J connectivity index is 2.17. The van der Waals surface area contributed by atoms with E-state index in [1.165, 1.54) is 13.1 Å². The zero-order valence-electron chi connectivity index (χ0n) is 12.3. The normalized spacial score (nSPS) is 17.2. The number of carbonyl (C=O) groups is 1. The van der Waals surface area contributed by atoms with E-state index in [0.717, 1.165) is 12.8 Å². The van der Waals surface area contributed by atoms with Crippen LogP contribution in [0.25, 0.3) is 0 Å². The van der Waals surface area contributed by atoms with Gasteiger partial charge in [-0.3, -0.25) is 4.79 Å². The Kier molecular flexibility index (Phi) is 4.70. The van der Waals surface area contributed by atoms with Crippen molar-refractivity contribution in [3.63, 3.8) is 0 Å². The Labute approximate surface area is 124 Å². The first-order valence-electron chi connectivity index (χ1n) is 6.92. The van der Waals surface area contributed by atoms with Crippen LogP contribution in [-0.2, 0) is 10.0 Å². The largest absolute Gasteiger partial charge is 0.448 e. The van der Waals surface area contributed by atoms with Crippen LogP contribution >= 0.6 is 0 Å². The summed E-state index contributed by atoms with van der Waals surface area (Å²) < 4.78 is 30.8. The summed E-state index contributed by atoms with van der Waals surface area (Å²) >= 11 is 0. The number of rotatable bonds is 4. The SMILES string of the molecule is CNS(=O)(=O)c1cc(C(=O)N2CCC(CN)CC2)c(C)o1. The third-order valence-corrected chi connectivity index (χ3v) is 5.16. The van der Waals surface area contributed by atoms with Crippen LogP contribution < -0.4 is 10.5 Å². The quantitative estimate of drug-likeness (QED) is 0.831. The number of sulfonamides is 1. The lowest BCUT2D eigenvalue weighted by atomic mass is 9.96. The van der Waals surface area contributed by atoms with E-state index >= 15 is 0 Å². The molecule has 1 aromatic heterocycles. The number of furan rings is 1. The number of nitrogens with one attached hydrogen (secondary N) is 1. The fourth-order valence-electron chi connectivity index (χ4n) is 2.44. The first-order chi connectivity index (χ1) is 9.89. The molecule has 1 aromatic rings. The Morgan fingerprint density at radius 2 is 2.10 bits per heavy atom. The van der Waals surface area contributed by atoms with Crippen molar-refractivity contribution in [1.29, 1.82) is 0 Å². The number of likely N-dealkylation sites (tertiary alicyclic amines) is 1. The van der Waals surface area contributed by atoms with Gasteiger partial charge in [-0.05, 0) is 39.3 Å². The molecule has 0 aromatic carbocycles. The molecule has 118 valence electrons. The minimum absolute atomic E-state index is 0.190. The van der Waals surface area contributed by atoms with Gasteiger partial charge in [0, 0.05) is 19.2 Å². The lowest BCUT2D eigenvalue weighted by Gasteiger charge is -2.31. The molecule has 7 nitrogen and oxygen atoms in total. The van der Waals surface area contributed by atoms with E-state index < -0.39 is 10.0 Å². The lowest BCUT2D eigenvalue weighted by molar-refractivity contribution is 0.0691. The van der Waals surface area contributed by atoms with E-state index in [0.29, 0.717) is 36.9 Å². The molecule has 0 bridgehead atoms. The molecule has 0 atom stereocenters. The van der Waals surface area contributed by atoms with E-state index in [9.17, 15) is 13.2 Å². The van der Waals surface area contributed by atoms with Gasteiger partial charge in [0.05, 0.1) is 5.56 Å². The van der Waals surface area contributed by atoms with Gasteiger partial charge in [-0.1, -0.05) is 0 Å². The monoisotopic (exact) mass is 315 g/mol. The van der Waals surface area contributed by atoms with Crippen molar-refractivity contribution in [3.05, 3.63) is 17.4 Å². The molecule has 8 heteroatoms. The number of hydrogen-bond acceptors (Lipinski definition) is 5. The summed E-state index contributed by atoms with van der Waals surface area (Å²) in [5, 5.41) is -0.234. The van der Waals surface area contributed by atoms with Gasteiger partial charge in [0.2, 0.25) is 5.09 Å². The number of aryl methyl sites for hydroxylation is 1. The fourth-order valence-corrected chi connectivity index (χ4v) is 3.15. The summed E-state index contributed by atoms with van der Waals surface area (Å²) in [5.41, 5.74) is 5.94. The standard InChI is InChI=1S/C13H21N3O4S/c1-9-11(7-12(20-9)21(18,19)15-2)13(17)16-5-3-10(8-14)4-6-16/h7,10,15H,3-6,8,14H2,1-2H3. The van der Waals surface area contributed by atoms with Crippen LogP contribution in [0.2, 0.25) is 0 Å². The Morgan fingerprint density at radius 1 is 1.48 bits per heavy atom. The highest BCUT2D eigenvalue weighted by molar-refractivity contribution is 7.89. The summed E-state index contributed by atoms with van der Waals surface area (Å²) in [7, 11) is -2.38. The maximum Gasteiger partial charge on any atom is 0.273 e. The van der Waals surface area contributed by atoms with E-state index in [1.807, 2.05) is 0 Å². The van der Waals surface area contributed by atoms with Gasteiger partial charge in [-0.15, -0.1) is 0 Å². The molecular weight excluding hydrogens is 294 g/mol. The summed E-state index contributed by atoms with van der Waals surface area (Å²) in [6.07, 6.45) is 1.75. The topological polar surface area (TPSA) is 106 Å². The highest BCUT2D eigenvalue weighted by atomic mass is 32.2. The first-order valence-corrected chi connectivity index (χ1v) is 8.40. The average Bonchev–Trinajstić information content (AvgIpc) is 2.89. The van der Waals surface area contributed by atoms with E-state index in [2.05, 4.69) is 4.72 Å². The molecule has 3 N–H and O–H groups in total. The molecule has 0 spiro atoms. The number of hydrogen-bond donors (Lipinski definition) is 2. The molecule has 2 rings (SSSR count). The zero-order chi connectivity index (χ0) is 15.6. The predicted octanol–water partition coefficient (Wildman–Crippen LogP) is 0.307. The molecular formula is C13H21N3O4S. The first kappa shape index (κ1) is 16.0. The highest BCUT2D eigenvalue weighted by Crippen LogP contribution is 2.23. The van der Waals surface area contributed by atoms with Gasteiger partial charge in [-0.2, -0.15) is 0 Å². The van der Waals surface area contributed by atoms with Gasteiger partial charge in [0.25, 0.3) is 15.9 Å². The molecule has 1 amide bonds. The molecule has 1 aliphatic heterocycles. The second kappa shape index (κ2) is 6.17. The van der Waals surface area contributed by atoms with Gasteiger partial charge >= 0.3 is 0 Å². The number of piperidine rings is 1. The maximum absolute atomic E-state index is 12.5. The highest BCUT2D eigenvalue weighted by Gasteiger charge is 2.28. The van der Waals surface area contributed by atoms with E-state index in [4.69, 9.17) is 10.2 Å². The van der Waals surface area contributed by atoms with Crippen molar-refractivity contribution < 1.29 is 17.6 Å². The van der Waals surface area contributed by atoms with Crippen LogP contribution in [-0.4, -0.2) is 45.9 Å². The fraction of sp³-hybridized carbons (Fsp3) is 0.615. The zero-order valence-corrected chi connectivity index (χ0v) is 13.1. The van der Waals surface area contributed by atoms with Gasteiger partial charge in [-0.25, -0.2) is 13.1 Å². The number of nitrogens with two attached hydrogens (primary N) is 1. The third kappa shape index (κ3) is 3.28. The van der Waals surface area contributed by atoms with Crippen LogP contribution in [0.5, 0.6) is 0 Å². The Morgan fingerprint density at radius 3 is 2.62 bits per heavy atom. The molecule has 0 unspecified atom stereocenters. The van der Waals surface area contributed by atoms with Crippen molar-refractivity contribution in [2.24, 2.45) is 11.7 Å². The molecule has 1 fully saturated rings. The van der Waals surface area contributed by atoms with Crippen molar-refractivity contribution in [2.75, 3.05) is 26.7 Å². The summed E-state index contributed by atoms with van der Waals surface area (Å²) in [6, 6.07) is 1.29. The number of nitrogens with zero attached hydrogens (tertiary/aromatic N) is 1. The van der Waals surface area contributed by atoms with Crippen molar-refractivity contribution in [2.45, 2.75) is 24.9 Å². The third-order valence-electron chi connectivity index (χ3n) is 3.89. The minimum Gasteiger partial charge on any atom is -0.448 e. The summed E-state index contributed by atoms with van der Waals surface area (Å²) in [6.45, 7) is 3.50. The van der Waals surface area contributed by atoms with Crippen LogP contribution in [0.3, 0.4) is 0 Å².